The molecule has 90 valence electrons. The van der Waals surface area contributed by atoms with E-state index in [4.69, 9.17) is 16.9 Å². The van der Waals surface area contributed by atoms with Gasteiger partial charge in [0, 0.05) is 0 Å². The first-order valence-electron chi connectivity index (χ1n) is 4.57. The molecule has 0 saturated heterocycles. The van der Waals surface area contributed by atoms with Gasteiger partial charge in [-0.2, -0.15) is 5.26 Å². The predicted molar refractivity (Wildman–Crippen MR) is 54.9 cm³/mol. The molecule has 1 heterocycles. The Bertz CT molecular complexity index is 486. The first-order chi connectivity index (χ1) is 8.01. The molecular weight excluding hydrogens is 254 g/mol. The molecule has 0 aliphatic rings. The minimum Gasteiger partial charge on any atom is -0.462 e. The number of rotatable bonds is 3. The summed E-state index contributed by atoms with van der Waals surface area (Å²) in [7, 11) is 0. The molecule has 0 aliphatic heterocycles. The molecule has 0 amide bonds. The van der Waals surface area contributed by atoms with Crippen molar-refractivity contribution in [3.8, 4) is 6.07 Å². The number of nitrogens with zero attached hydrogens (tertiary/aromatic N) is 2. The van der Waals surface area contributed by atoms with Gasteiger partial charge in [0.25, 0.3) is 6.43 Å². The number of pyridine rings is 1. The molecule has 1 aromatic heterocycles. The van der Waals surface area contributed by atoms with E-state index >= 15 is 0 Å². The Morgan fingerprint density at radius 1 is 1.71 bits per heavy atom. The minimum atomic E-state index is -2.97. The highest BCUT2D eigenvalue weighted by atomic mass is 35.5. The van der Waals surface area contributed by atoms with Crippen LogP contribution < -0.4 is 0 Å². The van der Waals surface area contributed by atoms with Crippen molar-refractivity contribution in [1.29, 1.82) is 5.26 Å². The summed E-state index contributed by atoms with van der Waals surface area (Å²) in [6.45, 7) is 1.57. The maximum Gasteiger partial charge on any atom is 0.338 e. The number of hydrogen-bond donors (Lipinski definition) is 0. The lowest BCUT2D eigenvalue weighted by Gasteiger charge is -2.09. The fourth-order valence-corrected chi connectivity index (χ4v) is 1.44. The van der Waals surface area contributed by atoms with Crippen LogP contribution in [0.3, 0.4) is 0 Å². The topological polar surface area (TPSA) is 63.0 Å². The average molecular weight is 261 g/mol. The zero-order chi connectivity index (χ0) is 13.0. The van der Waals surface area contributed by atoms with E-state index in [9.17, 15) is 13.6 Å². The molecule has 0 atom stereocenters. The van der Waals surface area contributed by atoms with Gasteiger partial charge in [0.2, 0.25) is 0 Å². The van der Waals surface area contributed by atoms with Gasteiger partial charge in [-0.3, -0.25) is 0 Å². The second-order valence-electron chi connectivity index (χ2n) is 2.89. The van der Waals surface area contributed by atoms with Crippen LogP contribution in [0.15, 0.2) is 6.07 Å². The summed E-state index contributed by atoms with van der Waals surface area (Å²) in [5, 5.41) is 8.05. The normalized spacial score (nSPS) is 10.1. The molecule has 0 saturated carbocycles. The van der Waals surface area contributed by atoms with Crippen LogP contribution in [0.4, 0.5) is 8.78 Å². The van der Waals surface area contributed by atoms with Crippen LogP contribution in [0, 0.1) is 11.3 Å². The number of alkyl halides is 2. The Labute approximate surface area is 101 Å². The van der Waals surface area contributed by atoms with Crippen molar-refractivity contribution in [2.24, 2.45) is 0 Å². The van der Waals surface area contributed by atoms with Crippen molar-refractivity contribution in [2.45, 2.75) is 13.3 Å². The summed E-state index contributed by atoms with van der Waals surface area (Å²) in [4.78, 5) is 14.9. The van der Waals surface area contributed by atoms with Gasteiger partial charge in [-0.15, -0.1) is 0 Å². The molecule has 0 spiro atoms. The van der Waals surface area contributed by atoms with E-state index in [0.29, 0.717) is 0 Å². The third-order valence-electron chi connectivity index (χ3n) is 1.84. The second-order valence-corrected chi connectivity index (χ2v) is 3.25. The Kier molecular flexibility index (Phi) is 4.35. The fourth-order valence-electron chi connectivity index (χ4n) is 1.17. The SMILES string of the molecule is CCOC(=O)c1cc(C#N)nc(Cl)c1C(F)F. The van der Waals surface area contributed by atoms with Gasteiger partial charge in [-0.1, -0.05) is 11.6 Å². The molecule has 0 bridgehead atoms. The van der Waals surface area contributed by atoms with Gasteiger partial charge < -0.3 is 4.74 Å². The number of aromatic nitrogens is 1. The van der Waals surface area contributed by atoms with Crippen molar-refractivity contribution in [1.82, 2.24) is 4.98 Å². The zero-order valence-corrected chi connectivity index (χ0v) is 9.46. The smallest absolute Gasteiger partial charge is 0.338 e. The molecule has 0 unspecified atom stereocenters. The number of ether oxygens (including phenoxy) is 1. The fraction of sp³-hybridized carbons (Fsp3) is 0.300. The Morgan fingerprint density at radius 3 is 2.82 bits per heavy atom. The molecule has 17 heavy (non-hydrogen) atoms. The van der Waals surface area contributed by atoms with Crippen LogP contribution in [0.2, 0.25) is 5.15 Å². The first kappa shape index (κ1) is 13.3. The summed E-state index contributed by atoms with van der Waals surface area (Å²) in [6.07, 6.45) is -2.97. The Morgan fingerprint density at radius 2 is 2.35 bits per heavy atom. The molecule has 0 radical (unpaired) electrons. The monoisotopic (exact) mass is 260 g/mol. The van der Waals surface area contributed by atoms with Crippen LogP contribution in [-0.4, -0.2) is 17.6 Å². The molecule has 0 aromatic carbocycles. The number of carbonyl (C=O) groups is 1. The molecule has 0 N–H and O–H groups in total. The molecule has 4 nitrogen and oxygen atoms in total. The Balaban J connectivity index is 3.38. The maximum absolute atomic E-state index is 12.7. The summed E-state index contributed by atoms with van der Waals surface area (Å²) in [5.74, 6) is -0.955. The van der Waals surface area contributed by atoms with E-state index in [2.05, 4.69) is 9.72 Å². The number of halogens is 3. The zero-order valence-electron chi connectivity index (χ0n) is 8.71. The lowest BCUT2D eigenvalue weighted by molar-refractivity contribution is 0.0515. The highest BCUT2D eigenvalue weighted by molar-refractivity contribution is 6.30. The quantitative estimate of drug-likeness (QED) is 0.619. The number of carbonyl (C=O) groups excluding carboxylic acids is 1. The highest BCUT2D eigenvalue weighted by Gasteiger charge is 2.24. The molecule has 7 heteroatoms. The molecular formula is C10H7ClF2N2O2. The van der Waals surface area contributed by atoms with Gasteiger partial charge >= 0.3 is 5.97 Å². The van der Waals surface area contributed by atoms with Crippen LogP contribution in [0.1, 0.15) is 35.0 Å². The summed E-state index contributed by atoms with van der Waals surface area (Å²) >= 11 is 5.50. The lowest BCUT2D eigenvalue weighted by atomic mass is 10.1. The highest BCUT2D eigenvalue weighted by Crippen LogP contribution is 2.30. The standard InChI is InChI=1S/C10H7ClF2N2O2/c1-2-17-10(16)6-3-5(4-14)15-8(11)7(6)9(12)13/h3,9H,2H2,1H3. The van der Waals surface area contributed by atoms with E-state index in [1.807, 2.05) is 0 Å². The van der Waals surface area contributed by atoms with E-state index < -0.39 is 28.7 Å². The first-order valence-corrected chi connectivity index (χ1v) is 4.94. The van der Waals surface area contributed by atoms with Crippen LogP contribution >= 0.6 is 11.6 Å². The van der Waals surface area contributed by atoms with Gasteiger partial charge in [-0.25, -0.2) is 18.6 Å². The van der Waals surface area contributed by atoms with Gasteiger partial charge in [0.1, 0.15) is 16.9 Å². The molecule has 0 aliphatic carbocycles. The van der Waals surface area contributed by atoms with Crippen molar-refractivity contribution in [3.63, 3.8) is 0 Å². The number of hydrogen-bond acceptors (Lipinski definition) is 4. The van der Waals surface area contributed by atoms with Crippen molar-refractivity contribution in [2.75, 3.05) is 6.61 Å². The van der Waals surface area contributed by atoms with Crippen LogP contribution in [-0.2, 0) is 4.74 Å². The minimum absolute atomic E-state index is 0.0311. The maximum atomic E-state index is 12.7. The summed E-state index contributed by atoms with van der Waals surface area (Å²) in [6, 6.07) is 2.56. The van der Waals surface area contributed by atoms with Gasteiger partial charge in [0.15, 0.2) is 0 Å². The summed E-state index contributed by atoms with van der Waals surface area (Å²) < 4.78 is 30.0. The van der Waals surface area contributed by atoms with Crippen molar-refractivity contribution >= 4 is 17.6 Å². The van der Waals surface area contributed by atoms with Crippen LogP contribution in [0.5, 0.6) is 0 Å². The lowest BCUT2D eigenvalue weighted by Crippen LogP contribution is -2.10. The molecule has 0 fully saturated rings. The van der Waals surface area contributed by atoms with E-state index in [1.165, 1.54) is 6.92 Å². The molecule has 1 aromatic rings. The van der Waals surface area contributed by atoms with Gasteiger partial charge in [-0.05, 0) is 13.0 Å². The summed E-state index contributed by atoms with van der Waals surface area (Å²) in [5.41, 5.74) is -1.37. The second kappa shape index (κ2) is 5.55. The van der Waals surface area contributed by atoms with Crippen LogP contribution in [0.25, 0.3) is 0 Å². The third-order valence-corrected chi connectivity index (χ3v) is 2.13. The van der Waals surface area contributed by atoms with E-state index in [0.717, 1.165) is 6.07 Å². The van der Waals surface area contributed by atoms with Crippen molar-refractivity contribution in [3.05, 3.63) is 28.0 Å². The Hall–Kier alpha value is -1.74. The number of nitriles is 1. The van der Waals surface area contributed by atoms with E-state index in [-0.39, 0.29) is 12.3 Å². The van der Waals surface area contributed by atoms with Crippen molar-refractivity contribution < 1.29 is 18.3 Å². The van der Waals surface area contributed by atoms with E-state index in [1.54, 1.807) is 6.07 Å². The average Bonchev–Trinajstić information content (AvgIpc) is 2.27. The largest absolute Gasteiger partial charge is 0.462 e. The number of esters is 1. The molecule has 1 rings (SSSR count). The van der Waals surface area contributed by atoms with Gasteiger partial charge in [0.05, 0.1) is 17.7 Å². The predicted octanol–water partition coefficient (Wildman–Crippen LogP) is 2.72. The third kappa shape index (κ3) is 2.88.